The number of piperazine rings is 2. The van der Waals surface area contributed by atoms with Crippen molar-refractivity contribution in [2.24, 2.45) is 0 Å². The summed E-state index contributed by atoms with van der Waals surface area (Å²) in [5.41, 5.74) is 1.43. The van der Waals surface area contributed by atoms with E-state index in [2.05, 4.69) is 20.4 Å². The van der Waals surface area contributed by atoms with E-state index >= 15 is 0 Å². The zero-order valence-corrected chi connectivity index (χ0v) is 23.6. The fraction of sp³-hybridized carbons (Fsp3) is 0.370. The molecule has 0 saturated carbocycles. The Morgan fingerprint density at radius 2 is 1.59 bits per heavy atom. The monoisotopic (exact) mass is 580 g/mol. The third-order valence-corrected chi connectivity index (χ3v) is 7.32. The Morgan fingerprint density at radius 1 is 0.927 bits per heavy atom. The highest BCUT2D eigenvalue weighted by atomic mass is 35.5. The number of amides is 3. The number of nitrogens with zero attached hydrogens (tertiary/aromatic N) is 8. The van der Waals surface area contributed by atoms with E-state index in [4.69, 9.17) is 16.3 Å². The van der Waals surface area contributed by atoms with Gasteiger partial charge in [-0.1, -0.05) is 24.6 Å². The molecule has 13 nitrogen and oxygen atoms in total. The molecule has 0 spiro atoms. The molecule has 5 rings (SSSR count). The first-order valence-electron chi connectivity index (χ1n) is 13.2. The summed E-state index contributed by atoms with van der Waals surface area (Å²) in [6.45, 7) is 7.12. The number of tetrazole rings is 1. The van der Waals surface area contributed by atoms with Crippen LogP contribution in [0.2, 0.25) is 5.02 Å². The normalized spacial score (nSPS) is 16.6. The van der Waals surface area contributed by atoms with Crippen LogP contribution in [0, 0.1) is 0 Å². The molecule has 3 aromatic rings. The number of anilines is 3. The average molecular weight is 581 g/mol. The summed E-state index contributed by atoms with van der Waals surface area (Å²) in [5, 5.41) is 11.6. The lowest BCUT2D eigenvalue weighted by molar-refractivity contribution is -0.137. The molecule has 41 heavy (non-hydrogen) atoms. The summed E-state index contributed by atoms with van der Waals surface area (Å²) in [6, 6.07) is 10.0. The van der Waals surface area contributed by atoms with Crippen LogP contribution in [0.5, 0.6) is 5.75 Å². The number of aromatic nitrogens is 4. The molecule has 0 aliphatic carbocycles. The van der Waals surface area contributed by atoms with E-state index in [1.54, 1.807) is 48.2 Å². The number of carbonyl (C=O) groups is 4. The van der Waals surface area contributed by atoms with E-state index in [9.17, 15) is 19.2 Å². The molecule has 2 aromatic carbocycles. The molecule has 0 bridgehead atoms. The third-order valence-electron chi connectivity index (χ3n) is 7.08. The number of rotatable bonds is 7. The quantitative estimate of drug-likeness (QED) is 0.234. The van der Waals surface area contributed by atoms with Gasteiger partial charge in [-0.25, -0.2) is 0 Å². The van der Waals surface area contributed by atoms with Gasteiger partial charge in [0.2, 0.25) is 5.91 Å². The fourth-order valence-electron chi connectivity index (χ4n) is 4.89. The topological polar surface area (TPSA) is 134 Å². The van der Waals surface area contributed by atoms with E-state index < -0.39 is 17.8 Å². The molecule has 214 valence electrons. The fourth-order valence-corrected chi connectivity index (χ4v) is 5.05. The van der Waals surface area contributed by atoms with Crippen molar-refractivity contribution in [3.8, 4) is 11.4 Å². The minimum absolute atomic E-state index is 0.0671. The average Bonchev–Trinajstić information content (AvgIpc) is 3.49. The Hall–Kier alpha value is -4.36. The van der Waals surface area contributed by atoms with Crippen molar-refractivity contribution in [1.29, 1.82) is 0 Å². The van der Waals surface area contributed by atoms with Crippen molar-refractivity contribution >= 4 is 52.4 Å². The predicted molar refractivity (Wildman–Crippen MR) is 150 cm³/mol. The second kappa shape index (κ2) is 11.6. The van der Waals surface area contributed by atoms with Crippen LogP contribution in [-0.2, 0) is 19.2 Å². The van der Waals surface area contributed by atoms with Gasteiger partial charge in [0.1, 0.15) is 6.33 Å². The van der Waals surface area contributed by atoms with Crippen molar-refractivity contribution in [3.63, 3.8) is 0 Å². The standard InChI is InChI=1S/C27H29ClN8O5/c1-4-24(38)41-25-20(33-11-10-32(17(2)3)15-23(33)37)6-5-7-21(25)34-12-13-35(27(40)26(34)39)22-14-18(28)8-9-19(22)36-16-29-30-31-36/h5-9,14,16-17H,4,10-13,15H2,1-3H3. The molecule has 3 amide bonds. The van der Waals surface area contributed by atoms with Gasteiger partial charge in [0.15, 0.2) is 5.75 Å². The second-order valence-electron chi connectivity index (χ2n) is 9.86. The number of ether oxygens (including phenoxy) is 1. The lowest BCUT2D eigenvalue weighted by atomic mass is 10.1. The molecule has 3 heterocycles. The minimum atomic E-state index is -0.833. The molecule has 14 heteroatoms. The van der Waals surface area contributed by atoms with Crippen LogP contribution >= 0.6 is 11.6 Å². The Balaban J connectivity index is 1.49. The van der Waals surface area contributed by atoms with Crippen LogP contribution in [0.4, 0.5) is 17.1 Å². The molecule has 0 N–H and O–H groups in total. The maximum atomic E-state index is 13.6. The van der Waals surface area contributed by atoms with Crippen molar-refractivity contribution in [2.75, 3.05) is 47.4 Å². The summed E-state index contributed by atoms with van der Waals surface area (Å²) in [5.74, 6) is -2.26. The van der Waals surface area contributed by atoms with E-state index in [0.717, 1.165) is 0 Å². The zero-order valence-electron chi connectivity index (χ0n) is 22.9. The summed E-state index contributed by atoms with van der Waals surface area (Å²) in [4.78, 5) is 59.0. The first kappa shape index (κ1) is 28.2. The Bertz CT molecular complexity index is 1490. The minimum Gasteiger partial charge on any atom is -0.422 e. The number of hydrogen-bond donors (Lipinski definition) is 0. The van der Waals surface area contributed by atoms with Crippen molar-refractivity contribution in [1.82, 2.24) is 25.1 Å². The predicted octanol–water partition coefficient (Wildman–Crippen LogP) is 2.07. The number of halogens is 1. The Kier molecular flexibility index (Phi) is 7.99. The number of para-hydroxylation sites is 1. The van der Waals surface area contributed by atoms with Crippen molar-refractivity contribution < 1.29 is 23.9 Å². The maximum Gasteiger partial charge on any atom is 0.317 e. The highest BCUT2D eigenvalue weighted by Crippen LogP contribution is 2.40. The van der Waals surface area contributed by atoms with Crippen LogP contribution in [-0.4, -0.2) is 87.6 Å². The Morgan fingerprint density at radius 3 is 2.20 bits per heavy atom. The molecule has 2 fully saturated rings. The maximum absolute atomic E-state index is 13.6. The number of esters is 1. The van der Waals surface area contributed by atoms with Crippen LogP contribution in [0.25, 0.3) is 5.69 Å². The lowest BCUT2D eigenvalue weighted by Crippen LogP contribution is -2.55. The largest absolute Gasteiger partial charge is 0.422 e. The van der Waals surface area contributed by atoms with E-state index in [1.807, 2.05) is 13.8 Å². The number of benzene rings is 2. The van der Waals surface area contributed by atoms with E-state index in [-0.39, 0.29) is 49.4 Å². The second-order valence-corrected chi connectivity index (χ2v) is 10.3. The van der Waals surface area contributed by atoms with Crippen LogP contribution in [0.3, 0.4) is 0 Å². The molecule has 0 atom stereocenters. The van der Waals surface area contributed by atoms with Gasteiger partial charge >= 0.3 is 17.8 Å². The van der Waals surface area contributed by atoms with Crippen LogP contribution in [0.1, 0.15) is 27.2 Å². The molecule has 0 radical (unpaired) electrons. The summed E-state index contributed by atoms with van der Waals surface area (Å²) in [6.07, 6.45) is 1.45. The lowest BCUT2D eigenvalue weighted by Gasteiger charge is -2.38. The van der Waals surface area contributed by atoms with Crippen molar-refractivity contribution in [2.45, 2.75) is 33.2 Å². The summed E-state index contributed by atoms with van der Waals surface area (Å²) in [7, 11) is 0. The van der Waals surface area contributed by atoms with Gasteiger partial charge in [0.25, 0.3) is 0 Å². The van der Waals surface area contributed by atoms with E-state index in [1.165, 1.54) is 20.8 Å². The number of carbonyl (C=O) groups excluding carboxylic acids is 4. The van der Waals surface area contributed by atoms with Gasteiger partial charge in [-0.05, 0) is 54.6 Å². The molecule has 2 aliphatic heterocycles. The molecule has 2 saturated heterocycles. The Labute approximate surface area is 241 Å². The number of hydrogen-bond acceptors (Lipinski definition) is 9. The highest BCUT2D eigenvalue weighted by molar-refractivity contribution is 6.46. The van der Waals surface area contributed by atoms with Gasteiger partial charge in [-0.3, -0.25) is 29.0 Å². The molecule has 1 aromatic heterocycles. The van der Waals surface area contributed by atoms with Gasteiger partial charge < -0.3 is 14.5 Å². The molecular formula is C27H29ClN8O5. The smallest absolute Gasteiger partial charge is 0.317 e. The SMILES string of the molecule is CCC(=O)Oc1c(N2CCN(C(C)C)CC2=O)cccc1N1CCN(c2cc(Cl)ccc2-n2cnnn2)C(=O)C1=O. The molecule has 2 aliphatic rings. The zero-order chi connectivity index (χ0) is 29.3. The van der Waals surface area contributed by atoms with Gasteiger partial charge in [0.05, 0.1) is 29.3 Å². The third kappa shape index (κ3) is 5.50. The van der Waals surface area contributed by atoms with E-state index in [0.29, 0.717) is 35.2 Å². The first-order valence-corrected chi connectivity index (χ1v) is 13.6. The van der Waals surface area contributed by atoms with Gasteiger partial charge in [0, 0.05) is 43.7 Å². The van der Waals surface area contributed by atoms with Crippen molar-refractivity contribution in [3.05, 3.63) is 47.7 Å². The van der Waals surface area contributed by atoms with Gasteiger partial charge in [-0.15, -0.1) is 5.10 Å². The molecular weight excluding hydrogens is 552 g/mol. The molecule has 0 unspecified atom stereocenters. The summed E-state index contributed by atoms with van der Waals surface area (Å²) < 4.78 is 7.10. The highest BCUT2D eigenvalue weighted by Gasteiger charge is 2.38. The van der Waals surface area contributed by atoms with Crippen LogP contribution in [0.15, 0.2) is 42.7 Å². The van der Waals surface area contributed by atoms with Gasteiger partial charge in [-0.2, -0.15) is 4.68 Å². The van der Waals surface area contributed by atoms with Crippen LogP contribution < -0.4 is 19.4 Å². The first-order chi connectivity index (χ1) is 19.7. The summed E-state index contributed by atoms with van der Waals surface area (Å²) >= 11 is 6.24.